The Morgan fingerprint density at radius 2 is 1.78 bits per heavy atom. The van der Waals surface area contributed by atoms with E-state index in [1.165, 1.54) is 0 Å². The van der Waals surface area contributed by atoms with Crippen molar-refractivity contribution < 1.29 is 14.6 Å². The number of aryl methyl sites for hydroxylation is 2. The third-order valence-electron chi connectivity index (χ3n) is 3.39. The van der Waals surface area contributed by atoms with Crippen molar-refractivity contribution in [3.8, 4) is 5.75 Å². The Hall–Kier alpha value is -1.06. The Balaban J connectivity index is 2.79. The van der Waals surface area contributed by atoms with Crippen LogP contribution in [0.3, 0.4) is 0 Å². The van der Waals surface area contributed by atoms with Crippen molar-refractivity contribution in [3.05, 3.63) is 28.8 Å². The summed E-state index contributed by atoms with van der Waals surface area (Å²) in [6.45, 7) is 6.01. The second kappa shape index (κ2) is 6.76. The molecule has 0 aromatic heterocycles. The third kappa shape index (κ3) is 3.72. The van der Waals surface area contributed by atoms with Gasteiger partial charge in [-0.15, -0.1) is 0 Å². The van der Waals surface area contributed by atoms with Crippen molar-refractivity contribution >= 4 is 0 Å². The summed E-state index contributed by atoms with van der Waals surface area (Å²) >= 11 is 0. The molecule has 2 atom stereocenters. The van der Waals surface area contributed by atoms with E-state index < -0.39 is 6.10 Å². The van der Waals surface area contributed by atoms with Gasteiger partial charge in [0.15, 0.2) is 0 Å². The quantitative estimate of drug-likeness (QED) is 0.845. The Kier molecular flexibility index (Phi) is 5.63. The van der Waals surface area contributed by atoms with Gasteiger partial charge in [-0.3, -0.25) is 0 Å². The lowest BCUT2D eigenvalue weighted by Gasteiger charge is -2.18. The first-order valence-electron chi connectivity index (χ1n) is 6.35. The van der Waals surface area contributed by atoms with Gasteiger partial charge in [0.1, 0.15) is 5.75 Å². The molecule has 3 heteroatoms. The van der Waals surface area contributed by atoms with Crippen LogP contribution in [0.2, 0.25) is 0 Å². The second-order valence-corrected chi connectivity index (χ2v) is 4.82. The third-order valence-corrected chi connectivity index (χ3v) is 3.39. The summed E-state index contributed by atoms with van der Waals surface area (Å²) in [7, 11) is 3.36. The van der Waals surface area contributed by atoms with Gasteiger partial charge < -0.3 is 14.6 Å². The molecule has 0 saturated carbocycles. The summed E-state index contributed by atoms with van der Waals surface area (Å²) < 4.78 is 10.5. The normalized spacial score (nSPS) is 14.3. The Morgan fingerprint density at radius 1 is 1.11 bits per heavy atom. The smallest absolute Gasteiger partial charge is 0.122 e. The number of rotatable bonds is 6. The average molecular weight is 252 g/mol. The van der Waals surface area contributed by atoms with E-state index in [9.17, 15) is 5.11 Å². The summed E-state index contributed by atoms with van der Waals surface area (Å²) in [4.78, 5) is 0. The van der Waals surface area contributed by atoms with Crippen molar-refractivity contribution in [2.24, 2.45) is 0 Å². The molecular weight excluding hydrogens is 228 g/mol. The zero-order valence-corrected chi connectivity index (χ0v) is 12.0. The summed E-state index contributed by atoms with van der Waals surface area (Å²) in [5, 5.41) is 10.2. The molecule has 0 aliphatic rings. The molecule has 1 aromatic rings. The van der Waals surface area contributed by atoms with Crippen molar-refractivity contribution in [3.63, 3.8) is 0 Å². The number of methoxy groups -OCH3 is 2. The van der Waals surface area contributed by atoms with Gasteiger partial charge in [0.05, 0.1) is 19.3 Å². The number of aliphatic hydroxyl groups excluding tert-OH is 1. The Labute approximate surface area is 110 Å². The van der Waals surface area contributed by atoms with Crippen LogP contribution in [0.4, 0.5) is 0 Å². The topological polar surface area (TPSA) is 38.7 Å². The first-order chi connectivity index (χ1) is 8.49. The zero-order chi connectivity index (χ0) is 13.7. The van der Waals surface area contributed by atoms with Crippen LogP contribution in [0.25, 0.3) is 0 Å². The van der Waals surface area contributed by atoms with Crippen molar-refractivity contribution in [2.45, 2.75) is 45.8 Å². The molecule has 0 aliphatic heterocycles. The van der Waals surface area contributed by atoms with Gasteiger partial charge in [0.25, 0.3) is 0 Å². The SMILES string of the molecule is COc1cc(C)c(C(O)CCC(C)OC)cc1C. The highest BCUT2D eigenvalue weighted by molar-refractivity contribution is 5.42. The summed E-state index contributed by atoms with van der Waals surface area (Å²) in [6, 6.07) is 3.99. The highest BCUT2D eigenvalue weighted by Crippen LogP contribution is 2.29. The molecule has 0 fully saturated rings. The molecule has 102 valence electrons. The zero-order valence-electron chi connectivity index (χ0n) is 12.0. The summed E-state index contributed by atoms with van der Waals surface area (Å²) in [6.07, 6.45) is 1.30. The molecule has 0 bridgehead atoms. The van der Waals surface area contributed by atoms with E-state index in [0.29, 0.717) is 6.42 Å². The van der Waals surface area contributed by atoms with E-state index in [1.807, 2.05) is 32.9 Å². The largest absolute Gasteiger partial charge is 0.496 e. The molecule has 1 N–H and O–H groups in total. The van der Waals surface area contributed by atoms with Crippen LogP contribution < -0.4 is 4.74 Å². The van der Waals surface area contributed by atoms with Crippen molar-refractivity contribution in [2.75, 3.05) is 14.2 Å². The highest BCUT2D eigenvalue weighted by Gasteiger charge is 2.14. The molecule has 0 heterocycles. The summed E-state index contributed by atoms with van der Waals surface area (Å²) in [5.41, 5.74) is 3.10. The minimum absolute atomic E-state index is 0.180. The maximum atomic E-state index is 10.2. The van der Waals surface area contributed by atoms with E-state index in [4.69, 9.17) is 9.47 Å². The number of ether oxygens (including phenoxy) is 2. The molecule has 0 spiro atoms. The fraction of sp³-hybridized carbons (Fsp3) is 0.600. The molecule has 2 unspecified atom stereocenters. The predicted octanol–water partition coefficient (Wildman–Crippen LogP) is 3.16. The van der Waals surface area contributed by atoms with Gasteiger partial charge in [0.2, 0.25) is 0 Å². The molecule has 0 saturated heterocycles. The fourth-order valence-electron chi connectivity index (χ4n) is 2.06. The molecule has 18 heavy (non-hydrogen) atoms. The van der Waals surface area contributed by atoms with Crippen LogP contribution >= 0.6 is 0 Å². The van der Waals surface area contributed by atoms with E-state index in [1.54, 1.807) is 14.2 Å². The molecule has 0 amide bonds. The van der Waals surface area contributed by atoms with E-state index in [-0.39, 0.29) is 6.10 Å². The summed E-state index contributed by atoms with van der Waals surface area (Å²) in [5.74, 6) is 0.869. The molecule has 1 rings (SSSR count). The van der Waals surface area contributed by atoms with E-state index in [0.717, 1.165) is 28.9 Å². The van der Waals surface area contributed by atoms with Crippen molar-refractivity contribution in [1.29, 1.82) is 0 Å². The van der Waals surface area contributed by atoms with Crippen LogP contribution in [-0.4, -0.2) is 25.4 Å². The lowest BCUT2D eigenvalue weighted by atomic mass is 9.96. The van der Waals surface area contributed by atoms with Gasteiger partial charge in [-0.05, 0) is 62.4 Å². The minimum Gasteiger partial charge on any atom is -0.496 e. The number of hydrogen-bond acceptors (Lipinski definition) is 3. The van der Waals surface area contributed by atoms with Crippen LogP contribution in [0.5, 0.6) is 5.75 Å². The second-order valence-electron chi connectivity index (χ2n) is 4.82. The number of hydrogen-bond donors (Lipinski definition) is 1. The monoisotopic (exact) mass is 252 g/mol. The molecular formula is C15H24O3. The van der Waals surface area contributed by atoms with E-state index >= 15 is 0 Å². The lowest BCUT2D eigenvalue weighted by Crippen LogP contribution is -2.09. The highest BCUT2D eigenvalue weighted by atomic mass is 16.5. The van der Waals surface area contributed by atoms with Gasteiger partial charge in [-0.2, -0.15) is 0 Å². The predicted molar refractivity (Wildman–Crippen MR) is 73.1 cm³/mol. The molecule has 0 radical (unpaired) electrons. The van der Waals surface area contributed by atoms with Crippen LogP contribution in [0, 0.1) is 13.8 Å². The van der Waals surface area contributed by atoms with E-state index in [2.05, 4.69) is 0 Å². The van der Waals surface area contributed by atoms with Crippen LogP contribution in [0.15, 0.2) is 12.1 Å². The van der Waals surface area contributed by atoms with Crippen LogP contribution in [-0.2, 0) is 4.74 Å². The Morgan fingerprint density at radius 3 is 2.33 bits per heavy atom. The minimum atomic E-state index is -0.438. The maximum absolute atomic E-state index is 10.2. The Bertz CT molecular complexity index is 388. The molecule has 1 aromatic carbocycles. The fourth-order valence-corrected chi connectivity index (χ4v) is 2.06. The maximum Gasteiger partial charge on any atom is 0.122 e. The van der Waals surface area contributed by atoms with Crippen molar-refractivity contribution in [1.82, 2.24) is 0 Å². The number of aliphatic hydroxyl groups is 1. The molecule has 3 nitrogen and oxygen atoms in total. The first kappa shape index (κ1) is 15.0. The average Bonchev–Trinajstić information content (AvgIpc) is 2.37. The van der Waals surface area contributed by atoms with Gasteiger partial charge >= 0.3 is 0 Å². The van der Waals surface area contributed by atoms with Gasteiger partial charge in [0, 0.05) is 7.11 Å². The first-order valence-corrected chi connectivity index (χ1v) is 6.35. The van der Waals surface area contributed by atoms with Gasteiger partial charge in [-0.25, -0.2) is 0 Å². The molecule has 0 aliphatic carbocycles. The number of benzene rings is 1. The van der Waals surface area contributed by atoms with Gasteiger partial charge in [-0.1, -0.05) is 0 Å². The van der Waals surface area contributed by atoms with Crippen LogP contribution in [0.1, 0.15) is 42.6 Å². The standard InChI is InChI=1S/C15H24O3/c1-10-9-15(18-5)11(2)8-13(10)14(16)7-6-12(3)17-4/h8-9,12,14,16H,6-7H2,1-5H3. The lowest BCUT2D eigenvalue weighted by molar-refractivity contribution is 0.0849.